The van der Waals surface area contributed by atoms with Crippen LogP contribution >= 0.6 is 0 Å². The smallest absolute Gasteiger partial charge is 0.244 e. The molecule has 0 amide bonds. The maximum Gasteiger partial charge on any atom is 0.244 e. The quantitative estimate of drug-likeness (QED) is 0.555. The van der Waals surface area contributed by atoms with E-state index in [0.717, 1.165) is 5.56 Å². The normalized spacial score (nSPS) is 16.8. The van der Waals surface area contributed by atoms with Crippen LogP contribution in [-0.4, -0.2) is 60.5 Å². The number of hydrogen-bond donors (Lipinski definition) is 0. The zero-order valence-corrected chi connectivity index (χ0v) is 18.5. The molecule has 1 aliphatic rings. The molecule has 1 saturated heterocycles. The standard InChI is InChI=1S/C22H26N4O4S/c1-3-29-19-9-11-20(12-10-19)31(27,28)26-15-13-25(14-16-26)17(2)22-23-21(24-30-22)18-7-5-4-6-8-18/h4-12,17H,3,13-16H2,1-2H3/t17-/m1/s1. The van der Waals surface area contributed by atoms with E-state index in [0.29, 0.717) is 50.3 Å². The van der Waals surface area contributed by atoms with E-state index in [1.807, 2.05) is 44.2 Å². The molecule has 4 rings (SSSR count). The molecule has 0 radical (unpaired) electrons. The molecule has 164 valence electrons. The van der Waals surface area contributed by atoms with E-state index in [4.69, 9.17) is 9.26 Å². The Bertz CT molecular complexity index is 1090. The van der Waals surface area contributed by atoms with E-state index in [9.17, 15) is 8.42 Å². The maximum atomic E-state index is 13.0. The van der Waals surface area contributed by atoms with Crippen molar-refractivity contribution in [3.63, 3.8) is 0 Å². The van der Waals surface area contributed by atoms with Crippen LogP contribution in [0.4, 0.5) is 0 Å². The summed E-state index contributed by atoms with van der Waals surface area (Å²) < 4.78 is 38.4. The Morgan fingerprint density at radius 1 is 1.03 bits per heavy atom. The number of rotatable bonds is 7. The van der Waals surface area contributed by atoms with Crippen LogP contribution in [0, 0.1) is 0 Å². The van der Waals surface area contributed by atoms with Gasteiger partial charge in [0.2, 0.25) is 21.7 Å². The molecule has 2 heterocycles. The lowest BCUT2D eigenvalue weighted by molar-refractivity contribution is 0.124. The Hall–Kier alpha value is -2.75. The average molecular weight is 443 g/mol. The van der Waals surface area contributed by atoms with E-state index in [1.165, 1.54) is 4.31 Å². The number of sulfonamides is 1. The highest BCUT2D eigenvalue weighted by Crippen LogP contribution is 2.26. The molecule has 9 heteroatoms. The van der Waals surface area contributed by atoms with E-state index in [2.05, 4.69) is 15.0 Å². The van der Waals surface area contributed by atoms with Crippen molar-refractivity contribution in [3.8, 4) is 17.1 Å². The lowest BCUT2D eigenvalue weighted by Gasteiger charge is -2.36. The van der Waals surface area contributed by atoms with Crippen LogP contribution in [0.2, 0.25) is 0 Å². The largest absolute Gasteiger partial charge is 0.494 e. The molecule has 1 fully saturated rings. The first-order chi connectivity index (χ1) is 15.0. The van der Waals surface area contributed by atoms with Crippen molar-refractivity contribution in [2.75, 3.05) is 32.8 Å². The summed E-state index contributed by atoms with van der Waals surface area (Å²) in [4.78, 5) is 6.97. The van der Waals surface area contributed by atoms with Crippen molar-refractivity contribution >= 4 is 10.0 Å². The first-order valence-electron chi connectivity index (χ1n) is 10.3. The summed E-state index contributed by atoms with van der Waals surface area (Å²) in [6.45, 7) is 6.40. The monoisotopic (exact) mass is 442 g/mol. The van der Waals surface area contributed by atoms with Crippen molar-refractivity contribution in [2.24, 2.45) is 0 Å². The number of benzene rings is 2. The van der Waals surface area contributed by atoms with Crippen LogP contribution in [0.1, 0.15) is 25.8 Å². The van der Waals surface area contributed by atoms with Gasteiger partial charge in [-0.15, -0.1) is 0 Å². The number of aromatic nitrogens is 2. The summed E-state index contributed by atoms with van der Waals surface area (Å²) in [7, 11) is -3.54. The zero-order chi connectivity index (χ0) is 21.8. The van der Waals surface area contributed by atoms with Crippen molar-refractivity contribution in [2.45, 2.75) is 24.8 Å². The second kappa shape index (κ2) is 9.17. The van der Waals surface area contributed by atoms with Crippen LogP contribution in [-0.2, 0) is 10.0 Å². The van der Waals surface area contributed by atoms with Crippen LogP contribution in [0.3, 0.4) is 0 Å². The lowest BCUT2D eigenvalue weighted by atomic mass is 10.2. The summed E-state index contributed by atoms with van der Waals surface area (Å²) in [5.41, 5.74) is 0.899. The fraction of sp³-hybridized carbons (Fsp3) is 0.364. The summed E-state index contributed by atoms with van der Waals surface area (Å²) in [5, 5.41) is 4.09. The lowest BCUT2D eigenvalue weighted by Crippen LogP contribution is -2.49. The van der Waals surface area contributed by atoms with Gasteiger partial charge in [0.25, 0.3) is 0 Å². The highest BCUT2D eigenvalue weighted by molar-refractivity contribution is 7.89. The third kappa shape index (κ3) is 4.63. The highest BCUT2D eigenvalue weighted by atomic mass is 32.2. The molecule has 0 unspecified atom stereocenters. The molecule has 1 atom stereocenters. The molecule has 0 saturated carbocycles. The minimum absolute atomic E-state index is 0.0970. The number of ether oxygens (including phenoxy) is 1. The predicted octanol–water partition coefficient (Wildman–Crippen LogP) is 3.20. The number of nitrogens with zero attached hydrogens (tertiary/aromatic N) is 4. The van der Waals surface area contributed by atoms with Gasteiger partial charge in [0.05, 0.1) is 17.5 Å². The topological polar surface area (TPSA) is 88.8 Å². The SMILES string of the molecule is CCOc1ccc(S(=O)(=O)N2CCN([C@H](C)c3nc(-c4ccccc4)no3)CC2)cc1. The van der Waals surface area contributed by atoms with Crippen LogP contribution < -0.4 is 4.74 Å². The second-order valence-corrected chi connectivity index (χ2v) is 9.28. The summed E-state index contributed by atoms with van der Waals surface area (Å²) in [6, 6.07) is 16.1. The van der Waals surface area contributed by atoms with E-state index in [1.54, 1.807) is 24.3 Å². The van der Waals surface area contributed by atoms with Crippen molar-refractivity contribution < 1.29 is 17.7 Å². The summed E-state index contributed by atoms with van der Waals surface area (Å²) in [6.07, 6.45) is 0. The molecule has 0 N–H and O–H groups in total. The van der Waals surface area contributed by atoms with Gasteiger partial charge in [-0.05, 0) is 38.1 Å². The fourth-order valence-corrected chi connectivity index (χ4v) is 5.04. The molecular weight excluding hydrogens is 416 g/mol. The van der Waals surface area contributed by atoms with E-state index in [-0.39, 0.29) is 10.9 Å². The minimum atomic E-state index is -3.54. The fourth-order valence-electron chi connectivity index (χ4n) is 3.62. The van der Waals surface area contributed by atoms with E-state index >= 15 is 0 Å². The van der Waals surface area contributed by atoms with Gasteiger partial charge in [-0.3, -0.25) is 4.90 Å². The average Bonchev–Trinajstić information content (AvgIpc) is 3.30. The third-order valence-corrected chi connectivity index (χ3v) is 7.34. The van der Waals surface area contributed by atoms with Gasteiger partial charge < -0.3 is 9.26 Å². The first kappa shape index (κ1) is 21.5. The molecule has 1 aliphatic heterocycles. The van der Waals surface area contributed by atoms with Gasteiger partial charge in [-0.2, -0.15) is 9.29 Å². The van der Waals surface area contributed by atoms with Gasteiger partial charge in [-0.25, -0.2) is 8.42 Å². The summed E-state index contributed by atoms with van der Waals surface area (Å²) >= 11 is 0. The van der Waals surface area contributed by atoms with Crippen LogP contribution in [0.25, 0.3) is 11.4 Å². The van der Waals surface area contributed by atoms with Crippen molar-refractivity contribution in [3.05, 3.63) is 60.5 Å². The number of hydrogen-bond acceptors (Lipinski definition) is 7. The van der Waals surface area contributed by atoms with Gasteiger partial charge in [0.15, 0.2) is 0 Å². The Balaban J connectivity index is 1.39. The molecule has 0 bridgehead atoms. The van der Waals surface area contributed by atoms with Gasteiger partial charge in [-0.1, -0.05) is 35.5 Å². The molecular formula is C22H26N4O4S. The molecule has 31 heavy (non-hydrogen) atoms. The molecule has 3 aromatic rings. The molecule has 2 aromatic carbocycles. The van der Waals surface area contributed by atoms with Crippen molar-refractivity contribution in [1.29, 1.82) is 0 Å². The summed E-state index contributed by atoms with van der Waals surface area (Å²) in [5.74, 6) is 1.75. The van der Waals surface area contributed by atoms with Gasteiger partial charge >= 0.3 is 0 Å². The Labute approximate surface area is 182 Å². The Morgan fingerprint density at radius 2 is 1.71 bits per heavy atom. The molecule has 0 aliphatic carbocycles. The van der Waals surface area contributed by atoms with Crippen molar-refractivity contribution in [1.82, 2.24) is 19.3 Å². The Morgan fingerprint density at radius 3 is 2.35 bits per heavy atom. The zero-order valence-electron chi connectivity index (χ0n) is 17.6. The molecule has 0 spiro atoms. The second-order valence-electron chi connectivity index (χ2n) is 7.34. The first-order valence-corrected chi connectivity index (χ1v) is 11.8. The highest BCUT2D eigenvalue weighted by Gasteiger charge is 2.32. The van der Waals surface area contributed by atoms with E-state index < -0.39 is 10.0 Å². The maximum absolute atomic E-state index is 13.0. The predicted molar refractivity (Wildman–Crippen MR) is 116 cm³/mol. The Kier molecular flexibility index (Phi) is 6.35. The van der Waals surface area contributed by atoms with Gasteiger partial charge in [0, 0.05) is 31.7 Å². The van der Waals surface area contributed by atoms with Crippen LogP contribution in [0.5, 0.6) is 5.75 Å². The molecule has 8 nitrogen and oxygen atoms in total. The third-order valence-electron chi connectivity index (χ3n) is 5.42. The number of piperazine rings is 1. The van der Waals surface area contributed by atoms with Crippen LogP contribution in [0.15, 0.2) is 64.0 Å². The molecule has 1 aromatic heterocycles. The minimum Gasteiger partial charge on any atom is -0.494 e. The van der Waals surface area contributed by atoms with Gasteiger partial charge in [0.1, 0.15) is 5.75 Å².